The fraction of sp³-hybridized carbons (Fsp3) is 0.567. The highest BCUT2D eigenvalue weighted by Gasteiger charge is 2.22. The average Bonchev–Trinajstić information content (AvgIpc) is 3.39. The van der Waals surface area contributed by atoms with Gasteiger partial charge in [-0.25, -0.2) is 0 Å². The third kappa shape index (κ3) is 19.5. The molecule has 0 aromatic heterocycles. The van der Waals surface area contributed by atoms with E-state index in [0.29, 0.717) is 127 Å². The summed E-state index contributed by atoms with van der Waals surface area (Å²) >= 11 is 11.4. The molecule has 0 amide bonds. The Morgan fingerprint density at radius 2 is 0.781 bits per heavy atom. The van der Waals surface area contributed by atoms with Gasteiger partial charge in [0, 0.05) is 51.9 Å². The summed E-state index contributed by atoms with van der Waals surface area (Å²) in [6, 6.07) is 26.1. The second-order valence-corrected chi connectivity index (χ2v) is 20.2. The van der Waals surface area contributed by atoms with Gasteiger partial charge in [-0.05, 0) is 106 Å². The molecule has 1 aliphatic carbocycles. The number of fused-ring (bicyclic) bond motifs is 2. The van der Waals surface area contributed by atoms with Gasteiger partial charge in [0.25, 0.3) is 0 Å². The molecule has 13 heteroatoms. The fourth-order valence-electron chi connectivity index (χ4n) is 9.56. The Labute approximate surface area is 448 Å². The Morgan fingerprint density at radius 3 is 1.11 bits per heavy atom. The summed E-state index contributed by atoms with van der Waals surface area (Å²) in [5.41, 5.74) is 8.68. The molecule has 10 bridgehead atoms. The van der Waals surface area contributed by atoms with Crippen molar-refractivity contribution < 1.29 is 33.2 Å². The number of rotatable bonds is 22. The van der Waals surface area contributed by atoms with E-state index in [2.05, 4.69) is 122 Å². The molecule has 6 rings (SSSR count). The highest BCUT2D eigenvalue weighted by Crippen LogP contribution is 2.39. The number of hydrogen-bond donors (Lipinski definition) is 4. The maximum absolute atomic E-state index is 6.91. The summed E-state index contributed by atoms with van der Waals surface area (Å²) in [5.74, 6) is 4.76. The van der Waals surface area contributed by atoms with E-state index in [4.69, 9.17) is 57.6 Å². The Balaban J connectivity index is 1.30. The van der Waals surface area contributed by atoms with Gasteiger partial charge in [0.2, 0.25) is 0 Å². The van der Waals surface area contributed by atoms with Crippen molar-refractivity contribution in [2.45, 2.75) is 118 Å². The van der Waals surface area contributed by atoms with E-state index in [1.54, 1.807) is 0 Å². The second-order valence-electron chi connectivity index (χ2n) is 19.4. The summed E-state index contributed by atoms with van der Waals surface area (Å²) in [6.07, 6.45) is 13.7. The first-order chi connectivity index (χ1) is 35.9. The monoisotopic (exact) mass is 1040 g/mol. The molecule has 0 saturated carbocycles. The first-order valence-electron chi connectivity index (χ1n) is 27.6. The zero-order valence-corrected chi connectivity index (χ0v) is 46.2. The number of benzene rings is 4. The topological polar surface area (TPSA) is 113 Å². The molecule has 0 fully saturated rings. The molecule has 0 spiro atoms. The summed E-state index contributed by atoms with van der Waals surface area (Å²) < 4.78 is 45.3. The van der Waals surface area contributed by atoms with E-state index >= 15 is 0 Å². The Morgan fingerprint density at radius 1 is 0.452 bits per heavy atom. The Kier molecular flexibility index (Phi) is 26.3. The lowest BCUT2D eigenvalue weighted by molar-refractivity contribution is 0.00484. The Bertz CT molecular complexity index is 2020. The van der Waals surface area contributed by atoms with Crippen LogP contribution < -0.4 is 40.2 Å². The van der Waals surface area contributed by atoms with Crippen molar-refractivity contribution in [1.29, 1.82) is 0 Å². The van der Waals surface area contributed by atoms with Crippen LogP contribution in [0, 0.1) is 11.8 Å². The van der Waals surface area contributed by atoms with Crippen LogP contribution in [-0.4, -0.2) is 102 Å². The van der Waals surface area contributed by atoms with E-state index in [0.717, 1.165) is 106 Å². The number of hydrogen-bond acceptors (Lipinski definition) is 9. The van der Waals surface area contributed by atoms with Gasteiger partial charge in [-0.1, -0.05) is 139 Å². The minimum absolute atomic E-state index is 0.389. The van der Waals surface area contributed by atoms with Gasteiger partial charge in [0.1, 0.15) is 36.2 Å². The predicted octanol–water partition coefficient (Wildman–Crippen LogP) is 11.1. The predicted molar refractivity (Wildman–Crippen MR) is 304 cm³/mol. The van der Waals surface area contributed by atoms with Crippen molar-refractivity contribution in [3.05, 3.63) is 117 Å². The van der Waals surface area contributed by atoms with Gasteiger partial charge >= 0.3 is 0 Å². The van der Waals surface area contributed by atoms with Gasteiger partial charge in [0.15, 0.2) is 10.2 Å². The summed E-state index contributed by atoms with van der Waals surface area (Å²) in [4.78, 5) is 0. The first kappa shape index (κ1) is 57.6. The van der Waals surface area contributed by atoms with E-state index < -0.39 is 0 Å². The third-order valence-corrected chi connectivity index (χ3v) is 14.4. The van der Waals surface area contributed by atoms with E-state index in [1.165, 1.54) is 38.5 Å². The SMILES string of the molecule is CCCCC(CC)CNC(=S)NCCCOc1c2cccc1Cc1cccc3c1OCCOCCOCCOCCOc1c(cccc1Cc1cccc(c1OCCCNC(=S)NCC(CC)CCCC)C3)C2. The minimum Gasteiger partial charge on any atom is -0.493 e. The van der Waals surface area contributed by atoms with Crippen molar-refractivity contribution in [3.8, 4) is 23.0 Å². The highest BCUT2D eigenvalue weighted by molar-refractivity contribution is 7.80. The number of thiocarbonyl (C=S) groups is 2. The van der Waals surface area contributed by atoms with Crippen molar-refractivity contribution in [1.82, 2.24) is 21.3 Å². The molecule has 4 N–H and O–H groups in total. The highest BCUT2D eigenvalue weighted by atomic mass is 32.1. The van der Waals surface area contributed by atoms with E-state index in [9.17, 15) is 0 Å². The maximum atomic E-state index is 6.91. The van der Waals surface area contributed by atoms with Gasteiger partial charge in [-0.2, -0.15) is 0 Å². The molecule has 11 nitrogen and oxygen atoms in total. The maximum Gasteiger partial charge on any atom is 0.166 e. The smallest absolute Gasteiger partial charge is 0.166 e. The lowest BCUT2D eigenvalue weighted by Crippen LogP contribution is -2.38. The molecule has 1 aliphatic heterocycles. The van der Waals surface area contributed by atoms with Crippen LogP contribution in [0.5, 0.6) is 23.0 Å². The van der Waals surface area contributed by atoms with Crippen LogP contribution in [-0.2, 0) is 39.9 Å². The zero-order valence-electron chi connectivity index (χ0n) is 44.6. The molecule has 2 atom stereocenters. The van der Waals surface area contributed by atoms with Crippen LogP contribution >= 0.6 is 24.4 Å². The lowest BCUT2D eigenvalue weighted by atomic mass is 9.91. The standard InChI is InChI=1S/C60H86N4O7S2/c1-5-9-17-45(7-3)43-63-59(72)61-27-15-29-68-55-47-19-11-20-48(55)40-52-24-14-26-54-42-50-22-12-21-49(56(50)69-30-16-28-62-60(73)64-44-46(8-4)18-10-6-2)41-53-25-13-23-51(39-47)57(53)70-37-35-66-33-31-65-32-34-67-36-38-71-58(52)54/h11-14,19-26,45-46H,5-10,15-18,27-44H2,1-4H3,(H2,61,63,72)(H2,62,64,73). The quantitative estimate of drug-likeness (QED) is 0.0390. The molecule has 0 radical (unpaired) electrons. The normalized spacial score (nSPS) is 15.1. The van der Waals surface area contributed by atoms with E-state index in [1.807, 2.05) is 0 Å². The Hall–Kier alpha value is -4.66. The van der Waals surface area contributed by atoms with Crippen molar-refractivity contribution in [2.75, 3.05) is 92.2 Å². The van der Waals surface area contributed by atoms with Gasteiger partial charge in [-0.15, -0.1) is 0 Å². The van der Waals surface area contributed by atoms with Gasteiger partial charge < -0.3 is 54.4 Å². The number of unbranched alkanes of at least 4 members (excludes halogenated alkanes) is 2. The van der Waals surface area contributed by atoms with Crippen LogP contribution in [0.15, 0.2) is 72.8 Å². The molecular weight excluding hydrogens is 953 g/mol. The average molecular weight is 1040 g/mol. The molecule has 1 heterocycles. The minimum atomic E-state index is 0.389. The molecular formula is C60H86N4O7S2. The molecule has 2 aliphatic rings. The van der Waals surface area contributed by atoms with Crippen LogP contribution in [0.1, 0.15) is 136 Å². The largest absolute Gasteiger partial charge is 0.493 e. The van der Waals surface area contributed by atoms with Gasteiger partial charge in [0.05, 0.1) is 52.9 Å². The third-order valence-electron chi connectivity index (χ3n) is 13.8. The fourth-order valence-corrected chi connectivity index (χ4v) is 9.93. The molecule has 73 heavy (non-hydrogen) atoms. The van der Waals surface area contributed by atoms with E-state index in [-0.39, 0.29) is 0 Å². The van der Waals surface area contributed by atoms with Gasteiger partial charge in [-0.3, -0.25) is 0 Å². The number of ether oxygens (including phenoxy) is 7. The van der Waals surface area contributed by atoms with Crippen molar-refractivity contribution in [2.24, 2.45) is 11.8 Å². The number of nitrogens with one attached hydrogen (secondary N) is 4. The summed E-state index contributed by atoms with van der Waals surface area (Å²) in [5, 5.41) is 15.2. The molecule has 2 unspecified atom stereocenters. The van der Waals surface area contributed by atoms with Crippen LogP contribution in [0.4, 0.5) is 0 Å². The molecule has 400 valence electrons. The summed E-state index contributed by atoms with van der Waals surface area (Å²) in [7, 11) is 0. The second kappa shape index (κ2) is 33.3. The molecule has 4 aromatic rings. The zero-order chi connectivity index (χ0) is 51.3. The van der Waals surface area contributed by atoms with Crippen LogP contribution in [0.25, 0.3) is 0 Å². The van der Waals surface area contributed by atoms with Crippen molar-refractivity contribution in [3.63, 3.8) is 0 Å². The molecule has 0 saturated heterocycles. The first-order valence-corrected chi connectivity index (χ1v) is 28.4. The number of para-hydroxylation sites is 4. The summed E-state index contributed by atoms with van der Waals surface area (Å²) in [6.45, 7) is 16.8. The van der Waals surface area contributed by atoms with Crippen LogP contribution in [0.2, 0.25) is 0 Å². The van der Waals surface area contributed by atoms with Crippen molar-refractivity contribution >= 4 is 34.7 Å². The lowest BCUT2D eigenvalue weighted by Gasteiger charge is -2.23. The van der Waals surface area contributed by atoms with Crippen LogP contribution in [0.3, 0.4) is 0 Å². The molecule has 4 aromatic carbocycles.